The summed E-state index contributed by atoms with van der Waals surface area (Å²) in [7, 11) is 0. The molecule has 114 valence electrons. The third-order valence-electron chi connectivity index (χ3n) is 5.97. The van der Waals surface area contributed by atoms with E-state index >= 15 is 0 Å². The summed E-state index contributed by atoms with van der Waals surface area (Å²) < 4.78 is 0. The fraction of sp³-hybridized carbons (Fsp3) is 0.941. The van der Waals surface area contributed by atoms with Gasteiger partial charge >= 0.3 is 0 Å². The van der Waals surface area contributed by atoms with E-state index in [1.165, 1.54) is 32.1 Å². The number of aliphatic hydroxyl groups excluding tert-OH is 1. The summed E-state index contributed by atoms with van der Waals surface area (Å²) >= 11 is 0. The summed E-state index contributed by atoms with van der Waals surface area (Å²) in [6.07, 6.45) is 12.6. The molecule has 3 unspecified atom stereocenters. The Labute approximate surface area is 122 Å². The highest BCUT2D eigenvalue weighted by Crippen LogP contribution is 2.42. The highest BCUT2D eigenvalue weighted by molar-refractivity contribution is 5.79. The van der Waals surface area contributed by atoms with Crippen molar-refractivity contribution >= 4 is 5.91 Å². The molecule has 0 radical (unpaired) electrons. The molecule has 20 heavy (non-hydrogen) atoms. The van der Waals surface area contributed by atoms with Crippen LogP contribution in [-0.2, 0) is 4.79 Å². The molecule has 0 aliphatic heterocycles. The topological polar surface area (TPSA) is 49.3 Å². The Morgan fingerprint density at radius 3 is 2.35 bits per heavy atom. The Morgan fingerprint density at radius 1 is 0.850 bits per heavy atom. The molecule has 3 heteroatoms. The molecule has 0 saturated heterocycles. The van der Waals surface area contributed by atoms with Gasteiger partial charge in [-0.15, -0.1) is 0 Å². The molecule has 1 amide bonds. The second kappa shape index (κ2) is 6.46. The number of rotatable bonds is 2. The molecule has 0 aromatic rings. The van der Waals surface area contributed by atoms with Gasteiger partial charge < -0.3 is 10.4 Å². The fourth-order valence-corrected chi connectivity index (χ4v) is 4.69. The number of aliphatic hydroxyl groups is 1. The van der Waals surface area contributed by atoms with E-state index in [-0.39, 0.29) is 24.0 Å². The van der Waals surface area contributed by atoms with E-state index in [1.807, 2.05) is 0 Å². The molecule has 5 atom stereocenters. The van der Waals surface area contributed by atoms with Gasteiger partial charge in [0.15, 0.2) is 0 Å². The number of nitrogens with one attached hydrogen (secondary N) is 1. The first-order valence-corrected chi connectivity index (χ1v) is 8.72. The van der Waals surface area contributed by atoms with Crippen molar-refractivity contribution < 1.29 is 9.90 Å². The third-order valence-corrected chi connectivity index (χ3v) is 5.97. The van der Waals surface area contributed by atoms with Gasteiger partial charge in [-0.2, -0.15) is 0 Å². The lowest BCUT2D eigenvalue weighted by molar-refractivity contribution is -0.129. The van der Waals surface area contributed by atoms with Gasteiger partial charge in [-0.25, -0.2) is 0 Å². The Morgan fingerprint density at radius 2 is 1.55 bits per heavy atom. The summed E-state index contributed by atoms with van der Waals surface area (Å²) in [5.41, 5.74) is 0. The molecular formula is C17H29NO2. The Hall–Kier alpha value is -0.570. The average Bonchev–Trinajstić information content (AvgIpc) is 2.49. The minimum Gasteiger partial charge on any atom is -0.391 e. The number of amides is 1. The Kier molecular flexibility index (Phi) is 4.65. The van der Waals surface area contributed by atoms with E-state index in [0.29, 0.717) is 0 Å². The van der Waals surface area contributed by atoms with E-state index in [1.54, 1.807) is 0 Å². The first-order chi connectivity index (χ1) is 9.74. The summed E-state index contributed by atoms with van der Waals surface area (Å²) in [6, 6.07) is 0.0142. The molecule has 3 aliphatic carbocycles. The van der Waals surface area contributed by atoms with Gasteiger partial charge in [-0.05, 0) is 43.9 Å². The normalized spacial score (nSPS) is 41.8. The zero-order valence-electron chi connectivity index (χ0n) is 12.5. The van der Waals surface area contributed by atoms with Crippen molar-refractivity contribution in [3.8, 4) is 0 Å². The lowest BCUT2D eigenvalue weighted by Gasteiger charge is -2.39. The van der Waals surface area contributed by atoms with Crippen LogP contribution in [0.1, 0.15) is 70.6 Å². The molecule has 3 saturated carbocycles. The predicted octanol–water partition coefficient (Wildman–Crippen LogP) is 3.01. The smallest absolute Gasteiger partial charge is 0.223 e. The fourth-order valence-electron chi connectivity index (χ4n) is 4.69. The number of carbonyl (C=O) groups excluding carboxylic acids is 1. The maximum Gasteiger partial charge on any atom is 0.223 e. The molecule has 3 nitrogen and oxygen atoms in total. The lowest BCUT2D eigenvalue weighted by atomic mass is 9.67. The van der Waals surface area contributed by atoms with E-state index < -0.39 is 0 Å². The zero-order valence-corrected chi connectivity index (χ0v) is 12.5. The summed E-state index contributed by atoms with van der Waals surface area (Å²) in [5, 5.41) is 13.1. The van der Waals surface area contributed by atoms with Crippen molar-refractivity contribution in [2.45, 2.75) is 82.8 Å². The second-order valence-corrected chi connectivity index (χ2v) is 7.28. The van der Waals surface area contributed by atoms with Gasteiger partial charge in [0.1, 0.15) is 0 Å². The van der Waals surface area contributed by atoms with E-state index in [9.17, 15) is 9.90 Å². The molecular weight excluding hydrogens is 250 g/mol. The van der Waals surface area contributed by atoms with Gasteiger partial charge in [0.05, 0.1) is 12.1 Å². The van der Waals surface area contributed by atoms with Crippen LogP contribution >= 0.6 is 0 Å². The van der Waals surface area contributed by atoms with E-state index in [2.05, 4.69) is 5.32 Å². The Bertz CT molecular complexity index is 344. The van der Waals surface area contributed by atoms with Crippen LogP contribution in [0.25, 0.3) is 0 Å². The maximum absolute atomic E-state index is 12.5. The van der Waals surface area contributed by atoms with E-state index in [0.717, 1.165) is 50.4 Å². The lowest BCUT2D eigenvalue weighted by Crippen LogP contribution is -2.48. The van der Waals surface area contributed by atoms with Crippen LogP contribution in [0.15, 0.2) is 0 Å². The van der Waals surface area contributed by atoms with Gasteiger partial charge in [-0.3, -0.25) is 4.79 Å². The van der Waals surface area contributed by atoms with Crippen LogP contribution < -0.4 is 5.32 Å². The molecule has 0 aromatic carbocycles. The number of hydrogen-bond acceptors (Lipinski definition) is 2. The summed E-state index contributed by atoms with van der Waals surface area (Å²) in [4.78, 5) is 12.5. The van der Waals surface area contributed by atoms with Gasteiger partial charge in [0.2, 0.25) is 5.91 Å². The molecule has 2 N–H and O–H groups in total. The average molecular weight is 279 g/mol. The monoisotopic (exact) mass is 279 g/mol. The summed E-state index contributed by atoms with van der Waals surface area (Å²) in [6.45, 7) is 0. The van der Waals surface area contributed by atoms with Gasteiger partial charge in [-0.1, -0.05) is 38.5 Å². The molecule has 0 heterocycles. The highest BCUT2D eigenvalue weighted by Gasteiger charge is 2.36. The standard InChI is InChI=1S/C17H29NO2/c19-16-8-4-3-7-15(16)18-17(20)14-10-9-12-5-1-2-6-13(12)11-14/h12-16,19H,1-11H2,(H,18,20)/t12?,13?,14?,15-,16-/m1/s1. The van der Waals surface area contributed by atoms with Crippen LogP contribution in [-0.4, -0.2) is 23.2 Å². The van der Waals surface area contributed by atoms with Crippen LogP contribution in [0.4, 0.5) is 0 Å². The van der Waals surface area contributed by atoms with Crippen molar-refractivity contribution in [2.75, 3.05) is 0 Å². The van der Waals surface area contributed by atoms with E-state index in [4.69, 9.17) is 0 Å². The van der Waals surface area contributed by atoms with Crippen molar-refractivity contribution in [3.63, 3.8) is 0 Å². The van der Waals surface area contributed by atoms with Gasteiger partial charge in [0.25, 0.3) is 0 Å². The first-order valence-electron chi connectivity index (χ1n) is 8.72. The molecule has 3 fully saturated rings. The minimum absolute atomic E-state index is 0.0142. The van der Waals surface area contributed by atoms with Crippen molar-refractivity contribution in [2.24, 2.45) is 17.8 Å². The largest absolute Gasteiger partial charge is 0.391 e. The number of fused-ring (bicyclic) bond motifs is 1. The first kappa shape index (κ1) is 14.4. The van der Waals surface area contributed by atoms with Crippen LogP contribution in [0.3, 0.4) is 0 Å². The SMILES string of the molecule is O=C(N[C@@H]1CCCC[C@H]1O)C1CCC2CCCCC2C1. The Balaban J connectivity index is 1.52. The number of hydrogen-bond donors (Lipinski definition) is 2. The van der Waals surface area contributed by atoms with Crippen LogP contribution in [0.2, 0.25) is 0 Å². The summed E-state index contributed by atoms with van der Waals surface area (Å²) in [5.74, 6) is 2.13. The molecule has 0 aromatic heterocycles. The quantitative estimate of drug-likeness (QED) is 0.816. The third kappa shape index (κ3) is 3.19. The predicted molar refractivity (Wildman–Crippen MR) is 79.2 cm³/mol. The highest BCUT2D eigenvalue weighted by atomic mass is 16.3. The zero-order chi connectivity index (χ0) is 13.9. The van der Waals surface area contributed by atoms with Crippen molar-refractivity contribution in [3.05, 3.63) is 0 Å². The second-order valence-electron chi connectivity index (χ2n) is 7.28. The molecule has 3 aliphatic rings. The molecule has 0 bridgehead atoms. The van der Waals surface area contributed by atoms with Crippen molar-refractivity contribution in [1.82, 2.24) is 5.32 Å². The van der Waals surface area contributed by atoms with Crippen LogP contribution in [0.5, 0.6) is 0 Å². The molecule has 3 rings (SSSR count). The maximum atomic E-state index is 12.5. The van der Waals surface area contributed by atoms with Crippen LogP contribution in [0, 0.1) is 17.8 Å². The number of carbonyl (C=O) groups is 1. The minimum atomic E-state index is -0.321. The van der Waals surface area contributed by atoms with Gasteiger partial charge in [0, 0.05) is 5.92 Å². The van der Waals surface area contributed by atoms with Crippen molar-refractivity contribution in [1.29, 1.82) is 0 Å². The molecule has 0 spiro atoms.